The van der Waals surface area contributed by atoms with E-state index < -0.39 is 0 Å². The fourth-order valence-corrected chi connectivity index (χ4v) is 2.80. The topological polar surface area (TPSA) is 12.0 Å². The Labute approximate surface area is 120 Å². The lowest BCUT2D eigenvalue weighted by molar-refractivity contribution is 0.641. The molecule has 2 heteroatoms. The monoisotopic (exact) mass is 273 g/mol. The molecule has 0 aromatic heterocycles. The lowest BCUT2D eigenvalue weighted by atomic mass is 9.87. The number of halogens is 1. The van der Waals surface area contributed by atoms with Gasteiger partial charge in [0.15, 0.2) is 0 Å². The Kier molecular flexibility index (Phi) is 4.62. The molecular weight excluding hydrogens is 254 g/mol. The Morgan fingerprint density at radius 3 is 2.26 bits per heavy atom. The van der Waals surface area contributed by atoms with Crippen LogP contribution in [0.1, 0.15) is 42.5 Å². The first kappa shape index (κ1) is 14.1. The van der Waals surface area contributed by atoms with Crippen LogP contribution in [0.15, 0.2) is 48.5 Å². The van der Waals surface area contributed by atoms with Crippen LogP contribution in [0, 0.1) is 0 Å². The summed E-state index contributed by atoms with van der Waals surface area (Å²) >= 11 is 6.45. The van der Waals surface area contributed by atoms with Crippen LogP contribution in [0.5, 0.6) is 0 Å². The van der Waals surface area contributed by atoms with E-state index in [0.29, 0.717) is 12.0 Å². The molecule has 0 radical (unpaired) electrons. The Morgan fingerprint density at radius 1 is 0.947 bits per heavy atom. The molecular formula is C17H20ClN. The molecule has 2 aromatic carbocycles. The maximum Gasteiger partial charge on any atom is 0.0447 e. The zero-order chi connectivity index (χ0) is 13.8. The Hall–Kier alpha value is -1.31. The van der Waals surface area contributed by atoms with Crippen LogP contribution in [0.4, 0.5) is 0 Å². The normalized spacial score (nSPS) is 14.1. The van der Waals surface area contributed by atoms with Crippen LogP contribution in [0.3, 0.4) is 0 Å². The van der Waals surface area contributed by atoms with E-state index in [-0.39, 0.29) is 0 Å². The minimum absolute atomic E-state index is 0.292. The van der Waals surface area contributed by atoms with Gasteiger partial charge in [-0.05, 0) is 36.7 Å². The summed E-state index contributed by atoms with van der Waals surface area (Å²) in [4.78, 5) is 0. The predicted octanol–water partition coefficient (Wildman–Crippen LogP) is 4.77. The third-order valence-corrected chi connectivity index (χ3v) is 4.05. The molecule has 0 aliphatic carbocycles. The van der Waals surface area contributed by atoms with E-state index >= 15 is 0 Å². The van der Waals surface area contributed by atoms with E-state index in [1.807, 2.05) is 25.2 Å². The van der Waals surface area contributed by atoms with Gasteiger partial charge in [0.1, 0.15) is 0 Å². The summed E-state index contributed by atoms with van der Waals surface area (Å²) in [5.74, 6) is 0.292. The quantitative estimate of drug-likeness (QED) is 0.846. The lowest BCUT2D eigenvalue weighted by Crippen LogP contribution is -2.15. The number of benzene rings is 2. The summed E-state index contributed by atoms with van der Waals surface area (Å²) in [5.41, 5.74) is 3.78. The summed E-state index contributed by atoms with van der Waals surface area (Å²) < 4.78 is 0. The van der Waals surface area contributed by atoms with Crippen molar-refractivity contribution in [2.24, 2.45) is 0 Å². The molecule has 19 heavy (non-hydrogen) atoms. The number of nitrogens with one attached hydrogen (secondary N) is 1. The van der Waals surface area contributed by atoms with Crippen molar-refractivity contribution in [2.75, 3.05) is 7.05 Å². The number of hydrogen-bond acceptors (Lipinski definition) is 1. The molecule has 2 atom stereocenters. The second kappa shape index (κ2) is 6.23. The zero-order valence-electron chi connectivity index (χ0n) is 11.7. The molecule has 2 unspecified atom stereocenters. The maximum absolute atomic E-state index is 6.45. The first-order valence-corrected chi connectivity index (χ1v) is 7.03. The Morgan fingerprint density at radius 2 is 1.63 bits per heavy atom. The minimum Gasteiger partial charge on any atom is -0.313 e. The molecule has 0 aliphatic heterocycles. The second-order valence-electron chi connectivity index (χ2n) is 4.89. The average molecular weight is 274 g/mol. The molecule has 0 aliphatic rings. The van der Waals surface area contributed by atoms with Gasteiger partial charge in [0.05, 0.1) is 0 Å². The summed E-state index contributed by atoms with van der Waals surface area (Å²) in [6.07, 6.45) is 0. The van der Waals surface area contributed by atoms with Crippen LogP contribution in [0.2, 0.25) is 5.02 Å². The molecule has 2 aromatic rings. The Balaban J connectivity index is 2.49. The van der Waals surface area contributed by atoms with Crippen LogP contribution < -0.4 is 5.32 Å². The van der Waals surface area contributed by atoms with Crippen molar-refractivity contribution in [1.29, 1.82) is 0 Å². The van der Waals surface area contributed by atoms with E-state index in [9.17, 15) is 0 Å². The first-order chi connectivity index (χ1) is 9.15. The SMILES string of the molecule is CNC(C)c1cccc(Cl)c1C(C)c1ccccc1. The lowest BCUT2D eigenvalue weighted by Gasteiger charge is -2.22. The van der Waals surface area contributed by atoms with Gasteiger partial charge in [-0.3, -0.25) is 0 Å². The second-order valence-corrected chi connectivity index (χ2v) is 5.29. The highest BCUT2D eigenvalue weighted by molar-refractivity contribution is 6.31. The molecule has 1 nitrogen and oxygen atoms in total. The van der Waals surface area contributed by atoms with Gasteiger partial charge >= 0.3 is 0 Å². The third-order valence-electron chi connectivity index (χ3n) is 3.72. The molecule has 1 N–H and O–H groups in total. The summed E-state index contributed by atoms with van der Waals surface area (Å²) in [5, 5.41) is 4.14. The predicted molar refractivity (Wildman–Crippen MR) is 82.9 cm³/mol. The van der Waals surface area contributed by atoms with Gasteiger partial charge in [-0.15, -0.1) is 0 Å². The van der Waals surface area contributed by atoms with Crippen LogP contribution in [-0.4, -0.2) is 7.05 Å². The molecule has 0 saturated heterocycles. The minimum atomic E-state index is 0.292. The Bertz CT molecular complexity index is 536. The van der Waals surface area contributed by atoms with Gasteiger partial charge in [-0.25, -0.2) is 0 Å². The molecule has 100 valence electrons. The fourth-order valence-electron chi connectivity index (χ4n) is 2.45. The number of hydrogen-bond donors (Lipinski definition) is 1. The standard InChI is InChI=1S/C17H20ClN/c1-12(14-8-5-4-6-9-14)17-15(13(2)19-3)10-7-11-16(17)18/h4-13,19H,1-3H3. The smallest absolute Gasteiger partial charge is 0.0447 e. The van der Waals surface area contributed by atoms with Crippen LogP contribution >= 0.6 is 11.6 Å². The van der Waals surface area contributed by atoms with Crippen molar-refractivity contribution < 1.29 is 0 Å². The first-order valence-electron chi connectivity index (χ1n) is 6.65. The molecule has 0 heterocycles. The molecule has 0 spiro atoms. The average Bonchev–Trinajstić information content (AvgIpc) is 2.46. The van der Waals surface area contributed by atoms with E-state index in [1.54, 1.807) is 0 Å². The van der Waals surface area contributed by atoms with Gasteiger partial charge in [0, 0.05) is 17.0 Å². The van der Waals surface area contributed by atoms with Crippen LogP contribution in [-0.2, 0) is 0 Å². The molecule has 0 bridgehead atoms. The third kappa shape index (κ3) is 2.99. The highest BCUT2D eigenvalue weighted by atomic mass is 35.5. The summed E-state index contributed by atoms with van der Waals surface area (Å²) in [6.45, 7) is 4.37. The van der Waals surface area contributed by atoms with Crippen LogP contribution in [0.25, 0.3) is 0 Å². The van der Waals surface area contributed by atoms with Crippen molar-refractivity contribution in [1.82, 2.24) is 5.32 Å². The van der Waals surface area contributed by atoms with Gasteiger partial charge in [-0.2, -0.15) is 0 Å². The molecule has 0 fully saturated rings. The van der Waals surface area contributed by atoms with E-state index in [4.69, 9.17) is 11.6 Å². The number of rotatable bonds is 4. The zero-order valence-corrected chi connectivity index (χ0v) is 12.4. The summed E-state index contributed by atoms with van der Waals surface area (Å²) in [6, 6.07) is 16.9. The summed E-state index contributed by atoms with van der Waals surface area (Å²) in [7, 11) is 1.97. The largest absolute Gasteiger partial charge is 0.313 e. The van der Waals surface area contributed by atoms with Gasteiger partial charge in [0.2, 0.25) is 0 Å². The van der Waals surface area contributed by atoms with Gasteiger partial charge < -0.3 is 5.32 Å². The van der Waals surface area contributed by atoms with E-state index in [0.717, 1.165) is 5.02 Å². The maximum atomic E-state index is 6.45. The molecule has 2 rings (SSSR count). The van der Waals surface area contributed by atoms with E-state index in [1.165, 1.54) is 16.7 Å². The van der Waals surface area contributed by atoms with Crippen molar-refractivity contribution in [3.63, 3.8) is 0 Å². The van der Waals surface area contributed by atoms with Crippen molar-refractivity contribution >= 4 is 11.6 Å². The fraction of sp³-hybridized carbons (Fsp3) is 0.294. The highest BCUT2D eigenvalue weighted by Gasteiger charge is 2.18. The van der Waals surface area contributed by atoms with Gasteiger partial charge in [0.25, 0.3) is 0 Å². The van der Waals surface area contributed by atoms with E-state index in [2.05, 4.69) is 49.5 Å². The van der Waals surface area contributed by atoms with Crippen molar-refractivity contribution in [2.45, 2.75) is 25.8 Å². The molecule has 0 saturated carbocycles. The molecule has 0 amide bonds. The van der Waals surface area contributed by atoms with Crippen molar-refractivity contribution in [3.8, 4) is 0 Å². The highest BCUT2D eigenvalue weighted by Crippen LogP contribution is 2.35. The van der Waals surface area contributed by atoms with Crippen molar-refractivity contribution in [3.05, 3.63) is 70.2 Å². The van der Waals surface area contributed by atoms with Gasteiger partial charge in [-0.1, -0.05) is 61.0 Å².